The van der Waals surface area contributed by atoms with E-state index in [-0.39, 0.29) is 0 Å². The summed E-state index contributed by atoms with van der Waals surface area (Å²) >= 11 is 0. The normalized spacial score (nSPS) is 11.5. The van der Waals surface area contributed by atoms with Crippen LogP contribution in [0.4, 0.5) is 0 Å². The fraction of sp³-hybridized carbons (Fsp3) is 0.526. The smallest absolute Gasteiger partial charge is 0.124 e. The van der Waals surface area contributed by atoms with Gasteiger partial charge in [0.05, 0.1) is 19.9 Å². The zero-order chi connectivity index (χ0) is 17.5. The average molecular weight is 331 g/mol. The summed E-state index contributed by atoms with van der Waals surface area (Å²) < 4.78 is 12.6. The van der Waals surface area contributed by atoms with Gasteiger partial charge in [-0.2, -0.15) is 5.10 Å². The lowest BCUT2D eigenvalue weighted by Crippen LogP contribution is -2.27. The number of rotatable bonds is 9. The van der Waals surface area contributed by atoms with E-state index in [1.165, 1.54) is 11.1 Å². The molecule has 0 atom stereocenters. The molecular formula is C19H29N3O2. The topological polar surface area (TPSA) is 39.5 Å². The molecule has 1 heterocycles. The van der Waals surface area contributed by atoms with Gasteiger partial charge in [0, 0.05) is 51.1 Å². The monoisotopic (exact) mass is 331 g/mol. The minimum absolute atomic E-state index is 0.559. The number of benzene rings is 1. The molecule has 2 rings (SSSR count). The highest BCUT2D eigenvalue weighted by Gasteiger charge is 2.12. The summed E-state index contributed by atoms with van der Waals surface area (Å²) in [4.78, 5) is 2.46. The molecule has 0 radical (unpaired) electrons. The predicted molar refractivity (Wildman–Crippen MR) is 95.9 cm³/mol. The summed E-state index contributed by atoms with van der Waals surface area (Å²) in [7, 11) is 5.36. The van der Waals surface area contributed by atoms with Crippen molar-refractivity contribution in [3.8, 4) is 5.75 Å². The van der Waals surface area contributed by atoms with Crippen LogP contribution in [0.25, 0.3) is 0 Å². The molecule has 0 bridgehead atoms. The zero-order valence-electron chi connectivity index (χ0n) is 15.5. The summed E-state index contributed by atoms with van der Waals surface area (Å²) in [5.74, 6) is 1.49. The molecule has 0 N–H and O–H groups in total. The third-order valence-corrected chi connectivity index (χ3v) is 3.84. The van der Waals surface area contributed by atoms with Gasteiger partial charge in [0.15, 0.2) is 0 Å². The van der Waals surface area contributed by atoms with Gasteiger partial charge in [0.25, 0.3) is 0 Å². The van der Waals surface area contributed by atoms with Crippen molar-refractivity contribution in [1.29, 1.82) is 0 Å². The van der Waals surface area contributed by atoms with Crippen LogP contribution in [0.15, 0.2) is 30.6 Å². The Bertz CT molecular complexity index is 637. The van der Waals surface area contributed by atoms with E-state index in [2.05, 4.69) is 42.2 Å². The van der Waals surface area contributed by atoms with Crippen molar-refractivity contribution in [3.63, 3.8) is 0 Å². The Morgan fingerprint density at radius 1 is 1.17 bits per heavy atom. The molecule has 0 fully saturated rings. The fourth-order valence-corrected chi connectivity index (χ4v) is 2.97. The van der Waals surface area contributed by atoms with Crippen LogP contribution in [0.3, 0.4) is 0 Å². The molecule has 0 saturated heterocycles. The van der Waals surface area contributed by atoms with E-state index in [1.54, 1.807) is 14.2 Å². The van der Waals surface area contributed by atoms with Gasteiger partial charge < -0.3 is 9.47 Å². The minimum atomic E-state index is 0.559. The Morgan fingerprint density at radius 3 is 2.50 bits per heavy atom. The highest BCUT2D eigenvalue weighted by atomic mass is 16.5. The zero-order valence-corrected chi connectivity index (χ0v) is 15.5. The van der Waals surface area contributed by atoms with Crippen LogP contribution in [0.2, 0.25) is 0 Å². The van der Waals surface area contributed by atoms with E-state index in [4.69, 9.17) is 9.47 Å². The van der Waals surface area contributed by atoms with E-state index in [1.807, 2.05) is 24.0 Å². The summed E-state index contributed by atoms with van der Waals surface area (Å²) in [6.45, 7) is 7.90. The largest absolute Gasteiger partial charge is 0.496 e. The molecular weight excluding hydrogens is 302 g/mol. The van der Waals surface area contributed by atoms with Crippen LogP contribution in [-0.4, -0.2) is 35.4 Å². The minimum Gasteiger partial charge on any atom is -0.496 e. The van der Waals surface area contributed by atoms with E-state index in [9.17, 15) is 0 Å². The second-order valence-electron chi connectivity index (χ2n) is 6.66. The predicted octanol–water partition coefficient (Wildman–Crippen LogP) is 3.23. The Morgan fingerprint density at radius 2 is 1.92 bits per heavy atom. The highest BCUT2D eigenvalue weighted by molar-refractivity contribution is 5.37. The van der Waals surface area contributed by atoms with E-state index >= 15 is 0 Å². The second-order valence-corrected chi connectivity index (χ2v) is 6.66. The van der Waals surface area contributed by atoms with Crippen LogP contribution in [0, 0.1) is 5.92 Å². The highest BCUT2D eigenvalue weighted by Crippen LogP contribution is 2.22. The molecule has 5 heteroatoms. The van der Waals surface area contributed by atoms with Gasteiger partial charge in [-0.05, 0) is 23.6 Å². The third kappa shape index (κ3) is 5.35. The van der Waals surface area contributed by atoms with Crippen molar-refractivity contribution in [2.75, 3.05) is 20.8 Å². The SMILES string of the molecule is COCc1cc(CN(Cc2cnn(C)c2)CC(C)C)ccc1OC. The van der Waals surface area contributed by atoms with Crippen molar-refractivity contribution in [3.05, 3.63) is 47.3 Å². The molecule has 1 aromatic carbocycles. The first kappa shape index (κ1) is 18.5. The lowest BCUT2D eigenvalue weighted by Gasteiger charge is -2.24. The van der Waals surface area contributed by atoms with Gasteiger partial charge >= 0.3 is 0 Å². The number of aryl methyl sites for hydroxylation is 1. The van der Waals surface area contributed by atoms with Gasteiger partial charge in [-0.1, -0.05) is 19.9 Å². The van der Waals surface area contributed by atoms with Crippen LogP contribution in [0.1, 0.15) is 30.5 Å². The molecule has 5 nitrogen and oxygen atoms in total. The Balaban J connectivity index is 2.14. The molecule has 0 unspecified atom stereocenters. The summed E-state index contributed by atoms with van der Waals surface area (Å²) in [5.41, 5.74) is 3.60. The number of aromatic nitrogens is 2. The fourth-order valence-electron chi connectivity index (χ4n) is 2.97. The van der Waals surface area contributed by atoms with E-state index < -0.39 is 0 Å². The van der Waals surface area contributed by atoms with Crippen molar-refractivity contribution in [2.24, 2.45) is 13.0 Å². The maximum absolute atomic E-state index is 5.42. The van der Waals surface area contributed by atoms with Crippen molar-refractivity contribution in [2.45, 2.75) is 33.5 Å². The number of nitrogens with zero attached hydrogens (tertiary/aromatic N) is 3. The molecule has 132 valence electrons. The van der Waals surface area contributed by atoms with Crippen molar-refractivity contribution >= 4 is 0 Å². The molecule has 0 spiro atoms. The second kappa shape index (κ2) is 8.85. The first-order valence-corrected chi connectivity index (χ1v) is 8.36. The van der Waals surface area contributed by atoms with Crippen molar-refractivity contribution < 1.29 is 9.47 Å². The van der Waals surface area contributed by atoms with Gasteiger partial charge in [-0.25, -0.2) is 0 Å². The number of hydrogen-bond acceptors (Lipinski definition) is 4. The van der Waals surface area contributed by atoms with Crippen LogP contribution in [-0.2, 0) is 31.5 Å². The quantitative estimate of drug-likeness (QED) is 0.707. The van der Waals surface area contributed by atoms with Crippen molar-refractivity contribution in [1.82, 2.24) is 14.7 Å². The summed E-state index contributed by atoms with van der Waals surface area (Å²) in [5, 5.41) is 4.27. The maximum Gasteiger partial charge on any atom is 0.124 e. The summed E-state index contributed by atoms with van der Waals surface area (Å²) in [6, 6.07) is 6.34. The van der Waals surface area contributed by atoms with Crippen LogP contribution < -0.4 is 4.74 Å². The molecule has 0 amide bonds. The van der Waals surface area contributed by atoms with Gasteiger partial charge in [0.1, 0.15) is 5.75 Å². The molecule has 0 aliphatic carbocycles. The maximum atomic E-state index is 5.42. The average Bonchev–Trinajstić information content (AvgIpc) is 2.92. The molecule has 0 saturated carbocycles. The van der Waals surface area contributed by atoms with E-state index in [0.29, 0.717) is 12.5 Å². The number of hydrogen-bond donors (Lipinski definition) is 0. The Hall–Kier alpha value is -1.85. The van der Waals surface area contributed by atoms with Gasteiger partial charge in [-0.3, -0.25) is 9.58 Å². The molecule has 0 aliphatic heterocycles. The lowest BCUT2D eigenvalue weighted by atomic mass is 10.1. The third-order valence-electron chi connectivity index (χ3n) is 3.84. The summed E-state index contributed by atoms with van der Waals surface area (Å²) in [6.07, 6.45) is 4.02. The Kier molecular flexibility index (Phi) is 6.82. The van der Waals surface area contributed by atoms with E-state index in [0.717, 1.165) is 30.9 Å². The Labute approximate surface area is 145 Å². The first-order chi connectivity index (χ1) is 11.5. The van der Waals surface area contributed by atoms with Gasteiger partial charge in [0.2, 0.25) is 0 Å². The van der Waals surface area contributed by atoms with Gasteiger partial charge in [-0.15, -0.1) is 0 Å². The molecule has 0 aliphatic rings. The lowest BCUT2D eigenvalue weighted by molar-refractivity contribution is 0.181. The first-order valence-electron chi connectivity index (χ1n) is 8.36. The standard InChI is InChI=1S/C19H29N3O2/c1-15(2)10-22(13-17-9-20-21(3)11-17)12-16-6-7-19(24-5)18(8-16)14-23-4/h6-9,11,15H,10,12-14H2,1-5H3. The van der Waals surface area contributed by atoms with Crippen LogP contribution in [0.5, 0.6) is 5.75 Å². The molecule has 24 heavy (non-hydrogen) atoms. The van der Waals surface area contributed by atoms with Crippen LogP contribution >= 0.6 is 0 Å². The molecule has 1 aromatic heterocycles. The number of methoxy groups -OCH3 is 2. The molecule has 2 aromatic rings. The number of ether oxygens (including phenoxy) is 2.